The van der Waals surface area contributed by atoms with E-state index in [1.54, 1.807) is 0 Å². The molecular weight excluding hydrogens is 314 g/mol. The van der Waals surface area contributed by atoms with Crippen LogP contribution in [0.5, 0.6) is 0 Å². The Hall–Kier alpha value is -1.85. The highest BCUT2D eigenvalue weighted by Crippen LogP contribution is 2.32. The molecule has 1 amide bonds. The van der Waals surface area contributed by atoms with Gasteiger partial charge in [-0.2, -0.15) is 0 Å². The summed E-state index contributed by atoms with van der Waals surface area (Å²) >= 11 is 0. The van der Waals surface area contributed by atoms with Crippen LogP contribution in [-0.2, 0) is 17.6 Å². The average Bonchev–Trinajstić information content (AvgIpc) is 2.77. The monoisotopic (exact) mass is 341 g/mol. The van der Waals surface area contributed by atoms with Crippen LogP contribution in [0.4, 0.5) is 5.69 Å². The highest BCUT2D eigenvalue weighted by Gasteiger charge is 2.19. The Morgan fingerprint density at radius 1 is 1.12 bits per heavy atom. The van der Waals surface area contributed by atoms with Crippen LogP contribution < -0.4 is 5.32 Å². The van der Waals surface area contributed by atoms with Crippen molar-refractivity contribution in [3.05, 3.63) is 29.5 Å². The lowest BCUT2D eigenvalue weighted by Crippen LogP contribution is -2.47. The number of carbonyl (C=O) groups excluding carboxylic acids is 1. The molecule has 0 saturated carbocycles. The van der Waals surface area contributed by atoms with Gasteiger partial charge in [0.05, 0.1) is 6.54 Å². The predicted molar refractivity (Wildman–Crippen MR) is 100 cm³/mol. The van der Waals surface area contributed by atoms with Gasteiger partial charge in [-0.25, -0.2) is 0 Å². The molecule has 1 aliphatic heterocycles. The smallest absolute Gasteiger partial charge is 0.238 e. The second-order valence-corrected chi connectivity index (χ2v) is 7.40. The highest BCUT2D eigenvalue weighted by atomic mass is 16.3. The van der Waals surface area contributed by atoms with Crippen molar-refractivity contribution < 1.29 is 9.21 Å². The van der Waals surface area contributed by atoms with Gasteiger partial charge in [-0.05, 0) is 44.5 Å². The van der Waals surface area contributed by atoms with Gasteiger partial charge in [0.2, 0.25) is 5.91 Å². The lowest BCUT2D eigenvalue weighted by atomic mass is 10.1. The fraction of sp³-hybridized carbons (Fsp3) is 0.550. The number of benzene rings is 1. The summed E-state index contributed by atoms with van der Waals surface area (Å²) in [5, 5.41) is 4.24. The molecule has 1 aromatic heterocycles. The molecule has 5 heteroatoms. The molecule has 25 heavy (non-hydrogen) atoms. The maximum Gasteiger partial charge on any atom is 0.238 e. The quantitative estimate of drug-likeness (QED) is 0.872. The van der Waals surface area contributed by atoms with Gasteiger partial charge in [0, 0.05) is 49.2 Å². The normalized spacial score (nSPS) is 19.6. The summed E-state index contributed by atoms with van der Waals surface area (Å²) in [5.74, 6) is 1.21. The van der Waals surface area contributed by atoms with Gasteiger partial charge in [0.1, 0.15) is 11.3 Å². The van der Waals surface area contributed by atoms with Gasteiger partial charge in [-0.3, -0.25) is 9.69 Å². The maximum absolute atomic E-state index is 12.4. The molecule has 134 valence electrons. The molecule has 1 fully saturated rings. The number of nitrogens with zero attached hydrogens (tertiary/aromatic N) is 2. The van der Waals surface area contributed by atoms with E-state index >= 15 is 0 Å². The molecular formula is C20H27N3O2. The van der Waals surface area contributed by atoms with Gasteiger partial charge in [0.25, 0.3) is 0 Å². The summed E-state index contributed by atoms with van der Waals surface area (Å²) in [6.07, 6.45) is 5.83. The Balaban J connectivity index is 1.46. The third-order valence-electron chi connectivity index (χ3n) is 5.45. The minimum absolute atomic E-state index is 0.0680. The second kappa shape index (κ2) is 7.18. The zero-order valence-electron chi connectivity index (χ0n) is 15.0. The number of fused-ring (bicyclic) bond motifs is 3. The number of piperazine rings is 1. The maximum atomic E-state index is 12.4. The first-order chi connectivity index (χ1) is 12.2. The van der Waals surface area contributed by atoms with E-state index in [2.05, 4.69) is 28.2 Å². The summed E-state index contributed by atoms with van der Waals surface area (Å²) in [5.41, 5.74) is 3.17. The van der Waals surface area contributed by atoms with Crippen molar-refractivity contribution in [2.75, 3.05) is 45.1 Å². The van der Waals surface area contributed by atoms with Crippen molar-refractivity contribution in [3.8, 4) is 0 Å². The first-order valence-corrected chi connectivity index (χ1v) is 9.44. The molecule has 0 spiro atoms. The molecule has 0 radical (unpaired) electrons. The van der Waals surface area contributed by atoms with E-state index in [9.17, 15) is 4.79 Å². The van der Waals surface area contributed by atoms with E-state index in [1.165, 1.54) is 30.2 Å². The van der Waals surface area contributed by atoms with Gasteiger partial charge < -0.3 is 14.6 Å². The first-order valence-electron chi connectivity index (χ1n) is 9.44. The number of aryl methyl sites for hydroxylation is 2. The lowest BCUT2D eigenvalue weighted by Gasteiger charge is -2.31. The van der Waals surface area contributed by atoms with E-state index in [1.807, 2.05) is 12.1 Å². The van der Waals surface area contributed by atoms with Crippen LogP contribution in [0.25, 0.3) is 11.0 Å². The van der Waals surface area contributed by atoms with Crippen LogP contribution in [0.15, 0.2) is 22.6 Å². The number of rotatable bonds is 3. The lowest BCUT2D eigenvalue weighted by molar-refractivity contribution is -0.117. The van der Waals surface area contributed by atoms with Crippen molar-refractivity contribution in [2.45, 2.75) is 32.1 Å². The standard InChI is InChI=1S/C20H27N3O2/c1-22-9-11-23(12-10-22)14-20(24)21-15-7-8-19-17(13-15)16-5-3-2-4-6-18(16)25-19/h7-8,13H,2-6,9-12,14H2,1H3,(H,21,24). The Labute approximate surface area is 149 Å². The number of amides is 1. The van der Waals surface area contributed by atoms with Crippen molar-refractivity contribution >= 4 is 22.6 Å². The van der Waals surface area contributed by atoms with Gasteiger partial charge in [0.15, 0.2) is 0 Å². The molecule has 0 bridgehead atoms. The zero-order chi connectivity index (χ0) is 17.2. The fourth-order valence-corrected chi connectivity index (χ4v) is 3.93. The summed E-state index contributed by atoms with van der Waals surface area (Å²) in [7, 11) is 2.13. The van der Waals surface area contributed by atoms with Crippen LogP contribution in [0, 0.1) is 0 Å². The van der Waals surface area contributed by atoms with E-state index in [0.29, 0.717) is 6.54 Å². The van der Waals surface area contributed by atoms with Crippen LogP contribution in [0.3, 0.4) is 0 Å². The number of likely N-dealkylation sites (N-methyl/N-ethyl adjacent to an activating group) is 1. The van der Waals surface area contributed by atoms with Crippen molar-refractivity contribution in [3.63, 3.8) is 0 Å². The SMILES string of the molecule is CN1CCN(CC(=O)Nc2ccc3oc4c(c3c2)CCCCC4)CC1. The molecule has 2 heterocycles. The molecule has 4 rings (SSSR count). The van der Waals surface area contributed by atoms with E-state index < -0.39 is 0 Å². The second-order valence-electron chi connectivity index (χ2n) is 7.40. The summed E-state index contributed by atoms with van der Waals surface area (Å²) in [6, 6.07) is 6.04. The number of carbonyl (C=O) groups is 1. The van der Waals surface area contributed by atoms with Crippen LogP contribution >= 0.6 is 0 Å². The molecule has 1 aromatic carbocycles. The number of hydrogen-bond acceptors (Lipinski definition) is 4. The summed E-state index contributed by atoms with van der Waals surface area (Å²) < 4.78 is 6.04. The largest absolute Gasteiger partial charge is 0.461 e. The van der Waals surface area contributed by atoms with Crippen LogP contribution in [0.1, 0.15) is 30.6 Å². The minimum Gasteiger partial charge on any atom is -0.461 e. The number of hydrogen-bond donors (Lipinski definition) is 1. The van der Waals surface area contributed by atoms with Crippen molar-refractivity contribution in [1.82, 2.24) is 9.80 Å². The third-order valence-corrected chi connectivity index (χ3v) is 5.45. The number of nitrogens with one attached hydrogen (secondary N) is 1. The predicted octanol–water partition coefficient (Wildman–Crippen LogP) is 2.89. The molecule has 2 aliphatic rings. The first kappa shape index (κ1) is 16.6. The summed E-state index contributed by atoms with van der Waals surface area (Å²) in [4.78, 5) is 16.9. The van der Waals surface area contributed by atoms with E-state index in [0.717, 1.165) is 56.1 Å². The molecule has 2 aromatic rings. The number of furan rings is 1. The molecule has 5 nitrogen and oxygen atoms in total. The Bertz CT molecular complexity index is 760. The van der Waals surface area contributed by atoms with Crippen molar-refractivity contribution in [2.24, 2.45) is 0 Å². The Kier molecular flexibility index (Phi) is 4.77. The fourth-order valence-electron chi connectivity index (χ4n) is 3.93. The highest BCUT2D eigenvalue weighted by molar-refractivity contribution is 5.95. The molecule has 1 saturated heterocycles. The Morgan fingerprint density at radius 3 is 2.76 bits per heavy atom. The molecule has 0 atom stereocenters. The van der Waals surface area contributed by atoms with Crippen LogP contribution in [0.2, 0.25) is 0 Å². The van der Waals surface area contributed by atoms with E-state index in [-0.39, 0.29) is 5.91 Å². The Morgan fingerprint density at radius 2 is 1.92 bits per heavy atom. The number of anilines is 1. The topological polar surface area (TPSA) is 48.7 Å². The third kappa shape index (κ3) is 3.72. The zero-order valence-corrected chi connectivity index (χ0v) is 15.0. The molecule has 1 N–H and O–H groups in total. The average molecular weight is 341 g/mol. The van der Waals surface area contributed by atoms with Gasteiger partial charge in [-0.1, -0.05) is 6.42 Å². The van der Waals surface area contributed by atoms with Crippen molar-refractivity contribution in [1.29, 1.82) is 0 Å². The van der Waals surface area contributed by atoms with E-state index in [4.69, 9.17) is 4.42 Å². The molecule has 1 aliphatic carbocycles. The minimum atomic E-state index is 0.0680. The van der Waals surface area contributed by atoms with Gasteiger partial charge >= 0.3 is 0 Å². The summed E-state index contributed by atoms with van der Waals surface area (Å²) in [6.45, 7) is 4.44. The van der Waals surface area contributed by atoms with Crippen LogP contribution in [-0.4, -0.2) is 55.5 Å². The van der Waals surface area contributed by atoms with Gasteiger partial charge in [-0.15, -0.1) is 0 Å². The molecule has 0 unspecified atom stereocenters.